The fourth-order valence-corrected chi connectivity index (χ4v) is 3.86. The van der Waals surface area contributed by atoms with Crippen LogP contribution in [0.3, 0.4) is 0 Å². The summed E-state index contributed by atoms with van der Waals surface area (Å²) in [7, 11) is 0. The third-order valence-electron chi connectivity index (χ3n) is 5.29. The van der Waals surface area contributed by atoms with Gasteiger partial charge in [-0.2, -0.15) is 0 Å². The maximum atomic E-state index is 13.6. The quantitative estimate of drug-likeness (QED) is 0.823. The molecule has 2 aliphatic heterocycles. The second kappa shape index (κ2) is 8.75. The third-order valence-corrected chi connectivity index (χ3v) is 5.29. The zero-order chi connectivity index (χ0) is 18.8. The summed E-state index contributed by atoms with van der Waals surface area (Å²) < 4.78 is 13.6. The number of carbonyl (C=O) groups is 2. The number of benzene rings is 1. The lowest BCUT2D eigenvalue weighted by Crippen LogP contribution is -2.48. The number of amides is 2. The Morgan fingerprint density at radius 3 is 2.61 bits per heavy atom. The lowest BCUT2D eigenvalue weighted by atomic mass is 10.0. The molecule has 4 rings (SSSR count). The van der Waals surface area contributed by atoms with Crippen LogP contribution in [-0.2, 0) is 0 Å². The molecule has 0 radical (unpaired) electrons. The first-order valence-electron chi connectivity index (χ1n) is 9.38. The van der Waals surface area contributed by atoms with Crippen LogP contribution < -0.4 is 5.32 Å². The largest absolute Gasteiger partial charge is 0.356 e. The number of carbonyl (C=O) groups excluding carboxylic acids is 2. The average molecular weight is 407 g/mol. The van der Waals surface area contributed by atoms with Crippen molar-refractivity contribution >= 4 is 24.2 Å². The Kier molecular flexibility index (Phi) is 6.36. The van der Waals surface area contributed by atoms with Crippen molar-refractivity contribution in [1.29, 1.82) is 0 Å². The minimum absolute atomic E-state index is 0. The van der Waals surface area contributed by atoms with Crippen LogP contribution in [0.25, 0.3) is 0 Å². The highest BCUT2D eigenvalue weighted by Crippen LogP contribution is 2.25. The molecular formula is C20H24ClFN4O2. The number of halogens is 2. The van der Waals surface area contributed by atoms with E-state index < -0.39 is 0 Å². The van der Waals surface area contributed by atoms with Crippen LogP contribution in [0, 0.1) is 5.82 Å². The summed E-state index contributed by atoms with van der Waals surface area (Å²) in [6, 6.07) is 7.75. The minimum atomic E-state index is -0.314. The van der Waals surface area contributed by atoms with Crippen molar-refractivity contribution in [1.82, 2.24) is 20.1 Å². The molecule has 2 N–H and O–H groups in total. The molecule has 1 aromatic heterocycles. The number of hydrogen-bond acceptors (Lipinski definition) is 3. The third kappa shape index (κ3) is 4.05. The Morgan fingerprint density at radius 1 is 1.07 bits per heavy atom. The van der Waals surface area contributed by atoms with E-state index in [4.69, 9.17) is 0 Å². The summed E-state index contributed by atoms with van der Waals surface area (Å²) in [6.45, 7) is 3.31. The monoisotopic (exact) mass is 406 g/mol. The first-order chi connectivity index (χ1) is 13.1. The molecule has 0 aliphatic carbocycles. The standard InChI is InChI=1S/C20H23FN4O2.ClH/c21-16-5-3-4-14(10-16)18-13-22-6-9-25(18)19(26)15-11-17(23-12-15)20(27)24-7-1-2-8-24;/h3-5,10-12,18,22-23H,1-2,6-9,13H2;1H. The van der Waals surface area contributed by atoms with E-state index in [1.54, 1.807) is 28.1 Å². The lowest BCUT2D eigenvalue weighted by molar-refractivity contribution is 0.0634. The van der Waals surface area contributed by atoms with Gasteiger partial charge in [0.15, 0.2) is 0 Å². The van der Waals surface area contributed by atoms with Gasteiger partial charge in [0.25, 0.3) is 11.8 Å². The predicted molar refractivity (Wildman–Crippen MR) is 106 cm³/mol. The van der Waals surface area contributed by atoms with Gasteiger partial charge in [0, 0.05) is 38.9 Å². The molecule has 0 spiro atoms. The van der Waals surface area contributed by atoms with Gasteiger partial charge in [-0.25, -0.2) is 4.39 Å². The highest BCUT2D eigenvalue weighted by molar-refractivity contribution is 5.99. The Balaban J connectivity index is 0.00000225. The molecule has 8 heteroatoms. The van der Waals surface area contributed by atoms with Crippen molar-refractivity contribution in [3.05, 3.63) is 59.2 Å². The zero-order valence-electron chi connectivity index (χ0n) is 15.5. The second-order valence-electron chi connectivity index (χ2n) is 7.07. The molecular weight excluding hydrogens is 383 g/mol. The van der Waals surface area contributed by atoms with E-state index in [0.717, 1.165) is 31.5 Å². The highest BCUT2D eigenvalue weighted by atomic mass is 35.5. The van der Waals surface area contributed by atoms with Gasteiger partial charge in [-0.05, 0) is 36.6 Å². The number of aromatic nitrogens is 1. The van der Waals surface area contributed by atoms with Gasteiger partial charge in [-0.1, -0.05) is 12.1 Å². The molecule has 6 nitrogen and oxygen atoms in total. The molecule has 0 saturated carbocycles. The van der Waals surface area contributed by atoms with E-state index in [1.165, 1.54) is 12.1 Å². The average Bonchev–Trinajstić information content (AvgIpc) is 3.39. The number of hydrogen-bond donors (Lipinski definition) is 2. The van der Waals surface area contributed by atoms with Crippen LogP contribution >= 0.6 is 12.4 Å². The lowest BCUT2D eigenvalue weighted by Gasteiger charge is -2.36. The van der Waals surface area contributed by atoms with Crippen molar-refractivity contribution in [3.63, 3.8) is 0 Å². The van der Waals surface area contributed by atoms with E-state index in [9.17, 15) is 14.0 Å². The SMILES string of the molecule is Cl.O=C(c1cc(C(=O)N2CCNCC2c2cccc(F)c2)c[nH]1)N1CCCC1. The first kappa shape index (κ1) is 20.4. The van der Waals surface area contributed by atoms with Gasteiger partial charge < -0.3 is 20.1 Å². The minimum Gasteiger partial charge on any atom is -0.356 e. The topological polar surface area (TPSA) is 68.4 Å². The molecule has 1 aromatic carbocycles. The van der Waals surface area contributed by atoms with Gasteiger partial charge in [-0.15, -0.1) is 12.4 Å². The smallest absolute Gasteiger partial charge is 0.270 e. The van der Waals surface area contributed by atoms with Crippen molar-refractivity contribution < 1.29 is 14.0 Å². The van der Waals surface area contributed by atoms with Gasteiger partial charge in [0.05, 0.1) is 11.6 Å². The predicted octanol–water partition coefficient (Wildman–Crippen LogP) is 2.60. The molecule has 2 amide bonds. The Bertz CT molecular complexity index is 850. The van der Waals surface area contributed by atoms with Gasteiger partial charge in [0.2, 0.25) is 0 Å². The number of piperazine rings is 1. The molecule has 3 heterocycles. The summed E-state index contributed by atoms with van der Waals surface area (Å²) in [6.07, 6.45) is 3.64. The zero-order valence-corrected chi connectivity index (χ0v) is 16.3. The van der Waals surface area contributed by atoms with Gasteiger partial charge >= 0.3 is 0 Å². The maximum absolute atomic E-state index is 13.6. The summed E-state index contributed by atoms with van der Waals surface area (Å²) >= 11 is 0. The second-order valence-corrected chi connectivity index (χ2v) is 7.07. The number of H-pyrrole nitrogens is 1. The van der Waals surface area contributed by atoms with Crippen molar-refractivity contribution in [2.24, 2.45) is 0 Å². The molecule has 0 bridgehead atoms. The number of nitrogens with one attached hydrogen (secondary N) is 2. The number of aromatic amines is 1. The van der Waals surface area contributed by atoms with Crippen molar-refractivity contribution in [2.45, 2.75) is 18.9 Å². The van der Waals surface area contributed by atoms with Crippen LogP contribution in [0.1, 0.15) is 45.3 Å². The Hall–Kier alpha value is -2.38. The highest BCUT2D eigenvalue weighted by Gasteiger charge is 2.30. The van der Waals surface area contributed by atoms with E-state index in [0.29, 0.717) is 30.9 Å². The molecule has 150 valence electrons. The maximum Gasteiger partial charge on any atom is 0.270 e. The number of nitrogens with zero attached hydrogens (tertiary/aromatic N) is 2. The molecule has 2 aliphatic rings. The molecule has 2 aromatic rings. The molecule has 1 unspecified atom stereocenters. The Labute approximate surface area is 169 Å². The summed E-state index contributed by atoms with van der Waals surface area (Å²) in [5.74, 6) is -0.526. The van der Waals surface area contributed by atoms with E-state index in [-0.39, 0.29) is 36.1 Å². The fourth-order valence-electron chi connectivity index (χ4n) is 3.86. The molecule has 2 fully saturated rings. The van der Waals surface area contributed by atoms with Crippen LogP contribution in [0.15, 0.2) is 36.5 Å². The molecule has 2 saturated heterocycles. The number of likely N-dealkylation sites (tertiary alicyclic amines) is 1. The van der Waals surface area contributed by atoms with Crippen LogP contribution in [0.5, 0.6) is 0 Å². The van der Waals surface area contributed by atoms with Gasteiger partial charge in [-0.3, -0.25) is 9.59 Å². The number of rotatable bonds is 3. The molecule has 28 heavy (non-hydrogen) atoms. The van der Waals surface area contributed by atoms with Gasteiger partial charge in [0.1, 0.15) is 11.5 Å². The fraction of sp³-hybridized carbons (Fsp3) is 0.400. The van der Waals surface area contributed by atoms with E-state index in [2.05, 4.69) is 10.3 Å². The summed E-state index contributed by atoms with van der Waals surface area (Å²) in [5, 5.41) is 3.26. The summed E-state index contributed by atoms with van der Waals surface area (Å²) in [5.41, 5.74) is 1.66. The first-order valence-corrected chi connectivity index (χ1v) is 9.38. The molecule has 1 atom stereocenters. The Morgan fingerprint density at radius 2 is 1.86 bits per heavy atom. The van der Waals surface area contributed by atoms with Crippen LogP contribution in [0.4, 0.5) is 4.39 Å². The van der Waals surface area contributed by atoms with Crippen LogP contribution in [-0.4, -0.2) is 59.3 Å². The van der Waals surface area contributed by atoms with E-state index >= 15 is 0 Å². The van der Waals surface area contributed by atoms with Crippen LogP contribution in [0.2, 0.25) is 0 Å². The van der Waals surface area contributed by atoms with Crippen molar-refractivity contribution in [3.8, 4) is 0 Å². The van der Waals surface area contributed by atoms with E-state index in [1.807, 2.05) is 6.07 Å². The normalized spacial score (nSPS) is 19.4. The summed E-state index contributed by atoms with van der Waals surface area (Å²) in [4.78, 5) is 32.1. The van der Waals surface area contributed by atoms with Crippen molar-refractivity contribution in [2.75, 3.05) is 32.7 Å².